The van der Waals surface area contributed by atoms with Gasteiger partial charge in [-0.15, -0.1) is 11.8 Å². The average Bonchev–Trinajstić information content (AvgIpc) is 2.39. The molecule has 0 fully saturated rings. The van der Waals surface area contributed by atoms with Gasteiger partial charge in [-0.2, -0.15) is 0 Å². The van der Waals surface area contributed by atoms with Gasteiger partial charge in [-0.25, -0.2) is 4.79 Å². The molecule has 0 rings (SSSR count). The van der Waals surface area contributed by atoms with Crippen molar-refractivity contribution in [3.8, 4) is 0 Å². The van der Waals surface area contributed by atoms with Crippen LogP contribution in [0, 0.1) is 5.41 Å². The number of amides is 1. The van der Waals surface area contributed by atoms with E-state index >= 15 is 0 Å². The van der Waals surface area contributed by atoms with Crippen LogP contribution in [0.5, 0.6) is 0 Å². The molecule has 0 aromatic carbocycles. The van der Waals surface area contributed by atoms with Gasteiger partial charge in [-0.05, 0) is 27.7 Å². The van der Waals surface area contributed by atoms with E-state index in [2.05, 4.69) is 5.32 Å². The third-order valence-corrected chi connectivity index (χ3v) is 3.19. The number of carbonyl (C=O) groups excluding carboxylic acids is 3. The molecule has 7 nitrogen and oxygen atoms in total. The Morgan fingerprint density at radius 2 is 1.82 bits per heavy atom. The fourth-order valence-electron chi connectivity index (χ4n) is 1.23. The highest BCUT2D eigenvalue weighted by Crippen LogP contribution is 2.15. The summed E-state index contributed by atoms with van der Waals surface area (Å²) in [5.41, 5.74) is -0.573. The largest absolute Gasteiger partial charge is 0.464 e. The minimum Gasteiger partial charge on any atom is -0.464 e. The van der Waals surface area contributed by atoms with Crippen LogP contribution >= 0.6 is 11.8 Å². The molecule has 22 heavy (non-hydrogen) atoms. The summed E-state index contributed by atoms with van der Waals surface area (Å²) in [6.45, 7) is 8.39. The molecular weight excluding hydrogens is 310 g/mol. The standard InChI is InChI=1S/C14H25NO6S/c1-6-20-12(17)11(15-10(2)16)7-22-9-19-8-21-13(18)14(3,4)5/h11H,6-9H2,1-5H3,(H,15,16)/t11-/m0/s1. The molecule has 0 radical (unpaired) electrons. The van der Waals surface area contributed by atoms with Crippen LogP contribution in [0.15, 0.2) is 0 Å². The van der Waals surface area contributed by atoms with Crippen molar-refractivity contribution in [2.24, 2.45) is 5.41 Å². The molecule has 0 aliphatic rings. The van der Waals surface area contributed by atoms with E-state index in [1.807, 2.05) is 0 Å². The Morgan fingerprint density at radius 3 is 2.32 bits per heavy atom. The second-order valence-corrected chi connectivity index (χ2v) is 6.47. The minimum absolute atomic E-state index is 0.146. The van der Waals surface area contributed by atoms with E-state index < -0.39 is 17.4 Å². The predicted octanol–water partition coefficient (Wildman–Crippen LogP) is 1.31. The zero-order valence-electron chi connectivity index (χ0n) is 13.8. The van der Waals surface area contributed by atoms with E-state index in [-0.39, 0.29) is 31.2 Å². The molecular formula is C14H25NO6S. The average molecular weight is 335 g/mol. The van der Waals surface area contributed by atoms with Crippen LogP contribution in [0.1, 0.15) is 34.6 Å². The Morgan fingerprint density at radius 1 is 1.18 bits per heavy atom. The van der Waals surface area contributed by atoms with E-state index in [0.29, 0.717) is 5.75 Å². The van der Waals surface area contributed by atoms with Gasteiger partial charge in [0.15, 0.2) is 6.79 Å². The van der Waals surface area contributed by atoms with Crippen molar-refractivity contribution >= 4 is 29.6 Å². The highest BCUT2D eigenvalue weighted by atomic mass is 32.2. The first kappa shape index (κ1) is 20.7. The maximum absolute atomic E-state index is 11.6. The lowest BCUT2D eigenvalue weighted by Crippen LogP contribution is -2.42. The highest BCUT2D eigenvalue weighted by molar-refractivity contribution is 7.99. The molecule has 0 spiro atoms. The second-order valence-electron chi connectivity index (χ2n) is 5.50. The van der Waals surface area contributed by atoms with Gasteiger partial charge in [0.2, 0.25) is 5.91 Å². The topological polar surface area (TPSA) is 90.9 Å². The predicted molar refractivity (Wildman–Crippen MR) is 83.1 cm³/mol. The summed E-state index contributed by atoms with van der Waals surface area (Å²) in [7, 11) is 0. The van der Waals surface area contributed by atoms with Crippen LogP contribution in [0.2, 0.25) is 0 Å². The number of hydrogen-bond acceptors (Lipinski definition) is 7. The number of rotatable bonds is 9. The number of hydrogen-bond donors (Lipinski definition) is 1. The normalized spacial score (nSPS) is 12.4. The van der Waals surface area contributed by atoms with E-state index in [1.165, 1.54) is 18.7 Å². The monoisotopic (exact) mass is 335 g/mol. The number of carbonyl (C=O) groups is 3. The summed E-state index contributed by atoms with van der Waals surface area (Å²) in [4.78, 5) is 34.2. The number of thioether (sulfide) groups is 1. The Bertz CT molecular complexity index is 380. The smallest absolute Gasteiger partial charge is 0.329 e. The van der Waals surface area contributed by atoms with Gasteiger partial charge < -0.3 is 19.5 Å². The molecule has 0 aliphatic carbocycles. The molecule has 0 unspecified atom stereocenters. The SMILES string of the molecule is CCOC(=O)[C@H](CSCOCOC(=O)C(C)(C)C)NC(C)=O. The van der Waals surface area contributed by atoms with Gasteiger partial charge in [0.25, 0.3) is 0 Å². The van der Waals surface area contributed by atoms with Crippen LogP contribution in [0.25, 0.3) is 0 Å². The molecule has 0 aromatic heterocycles. The molecule has 0 heterocycles. The van der Waals surface area contributed by atoms with Crippen molar-refractivity contribution in [2.45, 2.75) is 40.7 Å². The van der Waals surface area contributed by atoms with Crippen molar-refractivity contribution in [1.82, 2.24) is 5.32 Å². The van der Waals surface area contributed by atoms with E-state index in [9.17, 15) is 14.4 Å². The van der Waals surface area contributed by atoms with Crippen molar-refractivity contribution in [3.63, 3.8) is 0 Å². The van der Waals surface area contributed by atoms with Gasteiger partial charge in [-0.1, -0.05) is 0 Å². The highest BCUT2D eigenvalue weighted by Gasteiger charge is 2.23. The van der Waals surface area contributed by atoms with Gasteiger partial charge in [-0.3, -0.25) is 9.59 Å². The maximum Gasteiger partial charge on any atom is 0.329 e. The molecule has 1 amide bonds. The zero-order chi connectivity index (χ0) is 17.2. The summed E-state index contributed by atoms with van der Waals surface area (Å²) >= 11 is 1.29. The second kappa shape index (κ2) is 10.4. The summed E-state index contributed by atoms with van der Waals surface area (Å²) < 4.78 is 15.0. The molecule has 0 aromatic rings. The molecule has 128 valence electrons. The summed E-state index contributed by atoms with van der Waals surface area (Å²) in [6, 6.07) is -0.719. The van der Waals surface area contributed by atoms with Gasteiger partial charge >= 0.3 is 11.9 Å². The van der Waals surface area contributed by atoms with Crippen LogP contribution < -0.4 is 5.32 Å². The number of ether oxygens (including phenoxy) is 3. The maximum atomic E-state index is 11.6. The molecule has 0 aliphatic heterocycles. The quantitative estimate of drug-likeness (QED) is 0.386. The lowest BCUT2D eigenvalue weighted by Gasteiger charge is -2.17. The van der Waals surface area contributed by atoms with Crippen molar-refractivity contribution < 1.29 is 28.6 Å². The summed E-state index contributed by atoms with van der Waals surface area (Å²) in [5, 5.41) is 2.52. The van der Waals surface area contributed by atoms with E-state index in [1.54, 1.807) is 27.7 Å². The number of nitrogens with one attached hydrogen (secondary N) is 1. The van der Waals surface area contributed by atoms with Crippen LogP contribution in [-0.2, 0) is 28.6 Å². The van der Waals surface area contributed by atoms with E-state index in [0.717, 1.165) is 0 Å². The third-order valence-electron chi connectivity index (χ3n) is 2.29. The Labute approximate surface area is 135 Å². The number of esters is 2. The van der Waals surface area contributed by atoms with Crippen LogP contribution in [0.4, 0.5) is 0 Å². The van der Waals surface area contributed by atoms with Gasteiger partial charge in [0.1, 0.15) is 6.04 Å². The molecule has 8 heteroatoms. The first-order valence-electron chi connectivity index (χ1n) is 6.95. The van der Waals surface area contributed by atoms with Gasteiger partial charge in [0, 0.05) is 12.7 Å². The fraction of sp³-hybridized carbons (Fsp3) is 0.786. The molecule has 0 saturated carbocycles. The third kappa shape index (κ3) is 9.62. The summed E-state index contributed by atoms with van der Waals surface area (Å²) in [5.74, 6) is -0.596. The zero-order valence-corrected chi connectivity index (χ0v) is 14.6. The summed E-state index contributed by atoms with van der Waals surface area (Å²) in [6.07, 6.45) is 0. The fourth-order valence-corrected chi connectivity index (χ4v) is 1.96. The lowest BCUT2D eigenvalue weighted by molar-refractivity contribution is -0.164. The first-order chi connectivity index (χ1) is 10.2. The van der Waals surface area contributed by atoms with Crippen molar-refractivity contribution in [3.05, 3.63) is 0 Å². The Balaban J connectivity index is 3.96. The lowest BCUT2D eigenvalue weighted by atomic mass is 9.98. The van der Waals surface area contributed by atoms with Crippen molar-refractivity contribution in [2.75, 3.05) is 25.1 Å². The van der Waals surface area contributed by atoms with Gasteiger partial charge in [0.05, 0.1) is 18.0 Å². The molecule has 1 atom stereocenters. The Hall–Kier alpha value is -1.28. The Kier molecular flexibility index (Phi) is 9.84. The molecule has 0 saturated heterocycles. The first-order valence-corrected chi connectivity index (χ1v) is 8.10. The molecule has 1 N–H and O–H groups in total. The van der Waals surface area contributed by atoms with Crippen molar-refractivity contribution in [1.29, 1.82) is 0 Å². The molecule has 0 bridgehead atoms. The van der Waals surface area contributed by atoms with Crippen LogP contribution in [-0.4, -0.2) is 49.0 Å². The minimum atomic E-state index is -0.719. The van der Waals surface area contributed by atoms with Crippen LogP contribution in [0.3, 0.4) is 0 Å². The van der Waals surface area contributed by atoms with E-state index in [4.69, 9.17) is 14.2 Å².